The van der Waals surface area contributed by atoms with Crippen LogP contribution in [-0.2, 0) is 14.3 Å². The van der Waals surface area contributed by atoms with Gasteiger partial charge in [-0.1, -0.05) is 24.3 Å². The summed E-state index contributed by atoms with van der Waals surface area (Å²) in [5.74, 6) is -0.886. The molecule has 156 valence electrons. The van der Waals surface area contributed by atoms with Gasteiger partial charge in [0.2, 0.25) is 0 Å². The second-order valence-corrected chi connectivity index (χ2v) is 7.70. The van der Waals surface area contributed by atoms with Gasteiger partial charge in [-0.15, -0.1) is 0 Å². The molecule has 1 aromatic heterocycles. The molecule has 30 heavy (non-hydrogen) atoms. The summed E-state index contributed by atoms with van der Waals surface area (Å²) < 4.78 is 11.1. The van der Waals surface area contributed by atoms with Crippen LogP contribution in [0.3, 0.4) is 0 Å². The lowest BCUT2D eigenvalue weighted by molar-refractivity contribution is -0.152. The zero-order chi connectivity index (χ0) is 21.1. The van der Waals surface area contributed by atoms with Gasteiger partial charge in [-0.25, -0.2) is 0 Å². The van der Waals surface area contributed by atoms with Gasteiger partial charge in [0, 0.05) is 18.8 Å². The summed E-state index contributed by atoms with van der Waals surface area (Å²) in [7, 11) is 0. The highest BCUT2D eigenvalue weighted by atomic mass is 16.5. The van der Waals surface area contributed by atoms with Crippen LogP contribution in [0.2, 0.25) is 0 Å². The Bertz CT molecular complexity index is 1030. The van der Waals surface area contributed by atoms with E-state index in [1.165, 1.54) is 0 Å². The first-order valence-electron chi connectivity index (χ1n) is 10.1. The number of benzene rings is 2. The average molecular weight is 407 g/mol. The maximum Gasteiger partial charge on any atom is 0.309 e. The van der Waals surface area contributed by atoms with Gasteiger partial charge in [-0.05, 0) is 56.0 Å². The number of nitrogens with one attached hydrogen (secondary N) is 1. The molecule has 1 amide bonds. The number of carbonyl (C=O) groups excluding carboxylic acids is 2. The van der Waals surface area contributed by atoms with Gasteiger partial charge in [0.05, 0.1) is 5.92 Å². The number of amides is 1. The number of para-hydroxylation sites is 2. The highest BCUT2D eigenvalue weighted by molar-refractivity contribution is 5.93. The van der Waals surface area contributed by atoms with Crippen LogP contribution in [0.1, 0.15) is 24.0 Å². The third-order valence-corrected chi connectivity index (χ3v) is 5.39. The highest BCUT2D eigenvalue weighted by Gasteiger charge is 2.28. The lowest BCUT2D eigenvalue weighted by atomic mass is 9.97. The van der Waals surface area contributed by atoms with Crippen molar-refractivity contribution in [2.45, 2.75) is 26.7 Å². The molecule has 3 aromatic rings. The van der Waals surface area contributed by atoms with Gasteiger partial charge in [0.1, 0.15) is 5.52 Å². The molecule has 2 heterocycles. The van der Waals surface area contributed by atoms with E-state index in [1.807, 2.05) is 61.2 Å². The SMILES string of the molecule is Cc1ccc(C)c(NC(=O)COC(=O)C2CCN(c3nc4ccccc4o3)CC2)c1. The van der Waals surface area contributed by atoms with E-state index in [-0.39, 0.29) is 24.4 Å². The summed E-state index contributed by atoms with van der Waals surface area (Å²) in [6.07, 6.45) is 1.27. The molecule has 0 saturated carbocycles. The number of carbonyl (C=O) groups is 2. The number of fused-ring (bicyclic) bond motifs is 1. The van der Waals surface area contributed by atoms with Gasteiger partial charge in [-0.2, -0.15) is 4.98 Å². The first-order chi connectivity index (χ1) is 14.5. The normalized spacial score (nSPS) is 14.7. The molecule has 0 radical (unpaired) electrons. The summed E-state index contributed by atoms with van der Waals surface area (Å²) in [5.41, 5.74) is 4.33. The maximum atomic E-state index is 12.4. The number of piperidine rings is 1. The summed E-state index contributed by atoms with van der Waals surface area (Å²) in [4.78, 5) is 31.1. The molecule has 1 N–H and O–H groups in total. The molecule has 0 bridgehead atoms. The van der Waals surface area contributed by atoms with E-state index in [0.29, 0.717) is 31.9 Å². The third-order valence-electron chi connectivity index (χ3n) is 5.39. The summed E-state index contributed by atoms with van der Waals surface area (Å²) in [6, 6.07) is 14.0. The van der Waals surface area contributed by atoms with E-state index < -0.39 is 0 Å². The van der Waals surface area contributed by atoms with Crippen LogP contribution in [0.5, 0.6) is 0 Å². The Morgan fingerprint density at radius 2 is 1.93 bits per heavy atom. The zero-order valence-corrected chi connectivity index (χ0v) is 17.2. The standard InChI is InChI=1S/C23H25N3O4/c1-15-7-8-16(2)19(13-15)24-21(27)14-29-22(28)17-9-11-26(12-10-17)23-25-18-5-3-4-6-20(18)30-23/h3-8,13,17H,9-12,14H2,1-2H3,(H,24,27). The minimum absolute atomic E-state index is 0.223. The monoisotopic (exact) mass is 407 g/mol. The number of nitrogens with zero attached hydrogens (tertiary/aromatic N) is 2. The fourth-order valence-corrected chi connectivity index (χ4v) is 3.61. The van der Waals surface area contributed by atoms with Gasteiger partial charge < -0.3 is 19.4 Å². The predicted octanol–water partition coefficient (Wildman–Crippen LogP) is 3.84. The number of oxazole rings is 1. The van der Waals surface area contributed by atoms with Gasteiger partial charge in [-0.3, -0.25) is 9.59 Å². The predicted molar refractivity (Wildman–Crippen MR) is 114 cm³/mol. The van der Waals surface area contributed by atoms with Crippen molar-refractivity contribution < 1.29 is 18.7 Å². The first kappa shape index (κ1) is 19.9. The molecule has 0 aliphatic carbocycles. The summed E-state index contributed by atoms with van der Waals surface area (Å²) >= 11 is 0. The van der Waals surface area contributed by atoms with Crippen molar-refractivity contribution in [2.75, 3.05) is 29.9 Å². The Hall–Kier alpha value is -3.35. The number of rotatable bonds is 5. The number of hydrogen-bond donors (Lipinski definition) is 1. The number of anilines is 2. The van der Waals surface area contributed by atoms with Crippen LogP contribution in [0, 0.1) is 19.8 Å². The Labute approximate surface area is 175 Å². The number of aryl methyl sites for hydroxylation is 2. The molecule has 1 saturated heterocycles. The summed E-state index contributed by atoms with van der Waals surface area (Å²) in [6.45, 7) is 4.91. The largest absolute Gasteiger partial charge is 0.455 e. The zero-order valence-electron chi connectivity index (χ0n) is 17.2. The second kappa shape index (κ2) is 8.57. The first-order valence-corrected chi connectivity index (χ1v) is 10.1. The van der Waals surface area contributed by atoms with Gasteiger partial charge in [0.15, 0.2) is 12.2 Å². The molecule has 1 aliphatic rings. The van der Waals surface area contributed by atoms with E-state index in [2.05, 4.69) is 10.3 Å². The van der Waals surface area contributed by atoms with Crippen molar-refractivity contribution in [1.29, 1.82) is 0 Å². The van der Waals surface area contributed by atoms with Crippen LogP contribution < -0.4 is 10.2 Å². The molecule has 7 heteroatoms. The van der Waals surface area contributed by atoms with Crippen LogP contribution in [0.4, 0.5) is 11.7 Å². The van der Waals surface area contributed by atoms with Crippen LogP contribution in [0.25, 0.3) is 11.1 Å². The number of esters is 1. The van der Waals surface area contributed by atoms with Crippen molar-refractivity contribution in [3.05, 3.63) is 53.6 Å². The Kier molecular flexibility index (Phi) is 5.70. The molecule has 0 spiro atoms. The number of hydrogen-bond acceptors (Lipinski definition) is 6. The highest BCUT2D eigenvalue weighted by Crippen LogP contribution is 2.26. The lowest BCUT2D eigenvalue weighted by Gasteiger charge is -2.29. The third kappa shape index (κ3) is 4.45. The molecule has 4 rings (SSSR count). The van der Waals surface area contributed by atoms with Crippen LogP contribution in [0.15, 0.2) is 46.9 Å². The van der Waals surface area contributed by atoms with Gasteiger partial charge in [0.25, 0.3) is 11.9 Å². The van der Waals surface area contributed by atoms with E-state index in [0.717, 1.165) is 27.9 Å². The molecular formula is C23H25N3O4. The van der Waals surface area contributed by atoms with Crippen molar-refractivity contribution in [3.63, 3.8) is 0 Å². The topological polar surface area (TPSA) is 84.7 Å². The van der Waals surface area contributed by atoms with Crippen molar-refractivity contribution in [2.24, 2.45) is 5.92 Å². The molecule has 0 atom stereocenters. The van der Waals surface area contributed by atoms with Crippen LogP contribution >= 0.6 is 0 Å². The fourth-order valence-electron chi connectivity index (χ4n) is 3.61. The average Bonchev–Trinajstić information content (AvgIpc) is 3.19. The molecule has 1 fully saturated rings. The smallest absolute Gasteiger partial charge is 0.309 e. The van der Waals surface area contributed by atoms with Crippen LogP contribution in [-0.4, -0.2) is 36.6 Å². The maximum absolute atomic E-state index is 12.4. The second-order valence-electron chi connectivity index (χ2n) is 7.70. The fraction of sp³-hybridized carbons (Fsp3) is 0.348. The lowest BCUT2D eigenvalue weighted by Crippen LogP contribution is -2.37. The van der Waals surface area contributed by atoms with Crippen molar-refractivity contribution in [3.8, 4) is 0 Å². The Morgan fingerprint density at radius 3 is 2.70 bits per heavy atom. The Balaban J connectivity index is 1.26. The molecular weight excluding hydrogens is 382 g/mol. The molecule has 2 aromatic carbocycles. The molecule has 7 nitrogen and oxygen atoms in total. The minimum atomic E-state index is -0.332. The van der Waals surface area contributed by atoms with E-state index in [4.69, 9.17) is 9.15 Å². The number of ether oxygens (including phenoxy) is 1. The van der Waals surface area contributed by atoms with E-state index in [1.54, 1.807) is 0 Å². The quantitative estimate of drug-likeness (QED) is 0.647. The summed E-state index contributed by atoms with van der Waals surface area (Å²) in [5, 5.41) is 2.81. The minimum Gasteiger partial charge on any atom is -0.455 e. The number of aromatic nitrogens is 1. The van der Waals surface area contributed by atoms with Gasteiger partial charge >= 0.3 is 5.97 Å². The molecule has 0 unspecified atom stereocenters. The van der Waals surface area contributed by atoms with E-state index >= 15 is 0 Å². The molecule has 1 aliphatic heterocycles. The van der Waals surface area contributed by atoms with Crippen molar-refractivity contribution in [1.82, 2.24) is 4.98 Å². The van der Waals surface area contributed by atoms with Crippen molar-refractivity contribution >= 4 is 34.7 Å². The van der Waals surface area contributed by atoms with E-state index in [9.17, 15) is 9.59 Å². The Morgan fingerprint density at radius 1 is 1.17 bits per heavy atom.